The highest BCUT2D eigenvalue weighted by Crippen LogP contribution is 2.25. The molecule has 0 aromatic heterocycles. The number of ketones is 1. The van der Waals surface area contributed by atoms with Gasteiger partial charge in [0, 0.05) is 12.0 Å². The van der Waals surface area contributed by atoms with Crippen LogP contribution < -0.4 is 0 Å². The molecule has 0 unspecified atom stereocenters. The molecule has 2 nitrogen and oxygen atoms in total. The van der Waals surface area contributed by atoms with Crippen molar-refractivity contribution in [1.82, 2.24) is 0 Å². The van der Waals surface area contributed by atoms with E-state index in [2.05, 4.69) is 11.8 Å². The van der Waals surface area contributed by atoms with Gasteiger partial charge in [-0.3, -0.25) is 4.79 Å². The first-order valence-electron chi connectivity index (χ1n) is 5.05. The van der Waals surface area contributed by atoms with Crippen molar-refractivity contribution in [3.63, 3.8) is 0 Å². The van der Waals surface area contributed by atoms with Crippen molar-refractivity contribution in [3.05, 3.63) is 35.9 Å². The molecule has 0 spiro atoms. The number of aliphatic hydroxyl groups is 1. The molecule has 0 saturated heterocycles. The van der Waals surface area contributed by atoms with Gasteiger partial charge < -0.3 is 5.11 Å². The van der Waals surface area contributed by atoms with Gasteiger partial charge in [-0.15, -0.1) is 0 Å². The van der Waals surface area contributed by atoms with Crippen LogP contribution in [0.3, 0.4) is 0 Å². The van der Waals surface area contributed by atoms with Crippen molar-refractivity contribution in [2.45, 2.75) is 24.9 Å². The number of hydrogen-bond acceptors (Lipinski definition) is 2. The molecule has 0 amide bonds. The summed E-state index contributed by atoms with van der Waals surface area (Å²) in [6.07, 6.45) is 1.64. The second kappa shape index (κ2) is 3.88. The maximum atomic E-state index is 11.4. The van der Waals surface area contributed by atoms with Gasteiger partial charge in [-0.1, -0.05) is 30.0 Å². The molecule has 0 heterocycles. The Morgan fingerprint density at radius 3 is 2.60 bits per heavy atom. The van der Waals surface area contributed by atoms with Crippen molar-refractivity contribution in [1.29, 1.82) is 0 Å². The molecule has 2 rings (SSSR count). The van der Waals surface area contributed by atoms with Crippen molar-refractivity contribution >= 4 is 5.78 Å². The Bertz CT molecular complexity index is 425. The second-order valence-electron chi connectivity index (χ2n) is 3.75. The van der Waals surface area contributed by atoms with Crippen LogP contribution in [0.2, 0.25) is 0 Å². The fraction of sp³-hybridized carbons (Fsp3) is 0.308. The minimum atomic E-state index is -1.39. The third kappa shape index (κ3) is 2.08. The normalized spacial score (nSPS) is 24.7. The number of benzene rings is 1. The van der Waals surface area contributed by atoms with Gasteiger partial charge in [0.1, 0.15) is 0 Å². The van der Waals surface area contributed by atoms with Gasteiger partial charge in [-0.05, 0) is 25.0 Å². The average molecular weight is 200 g/mol. The third-order valence-corrected chi connectivity index (χ3v) is 2.59. The Morgan fingerprint density at radius 1 is 1.27 bits per heavy atom. The molecule has 1 saturated carbocycles. The van der Waals surface area contributed by atoms with Gasteiger partial charge >= 0.3 is 0 Å². The molecule has 1 N–H and O–H groups in total. The summed E-state index contributed by atoms with van der Waals surface area (Å²) in [6.45, 7) is 0. The first-order valence-corrected chi connectivity index (χ1v) is 5.05. The van der Waals surface area contributed by atoms with Gasteiger partial charge in [0.05, 0.1) is 0 Å². The molecule has 1 aliphatic carbocycles. The summed E-state index contributed by atoms with van der Waals surface area (Å²) in [7, 11) is 0. The van der Waals surface area contributed by atoms with Gasteiger partial charge in [0.15, 0.2) is 11.4 Å². The second-order valence-corrected chi connectivity index (χ2v) is 3.75. The average Bonchev–Trinajstić information content (AvgIpc) is 2.59. The van der Waals surface area contributed by atoms with Crippen molar-refractivity contribution in [2.24, 2.45) is 0 Å². The standard InChI is InChI=1S/C13H12O2/c14-12-7-4-9-13(12,15)10-8-11-5-2-1-3-6-11/h1-3,5-6,15H,4,7,9H2/t13-/m1/s1. The van der Waals surface area contributed by atoms with Crippen LogP contribution >= 0.6 is 0 Å². The predicted octanol–water partition coefficient (Wildman–Crippen LogP) is 1.52. The number of Topliss-reactive ketones (excluding diaryl/α,β-unsaturated/α-hetero) is 1. The maximum absolute atomic E-state index is 11.4. The summed E-state index contributed by atoms with van der Waals surface area (Å²) in [5.41, 5.74) is -0.568. The van der Waals surface area contributed by atoms with E-state index in [0.29, 0.717) is 12.8 Å². The van der Waals surface area contributed by atoms with Gasteiger partial charge in [-0.2, -0.15) is 0 Å². The van der Waals surface area contributed by atoms with E-state index >= 15 is 0 Å². The number of hydrogen-bond donors (Lipinski definition) is 1. The molecule has 0 radical (unpaired) electrons. The lowest BCUT2D eigenvalue weighted by Crippen LogP contribution is -2.31. The molecule has 2 heteroatoms. The van der Waals surface area contributed by atoms with Crippen molar-refractivity contribution in [3.8, 4) is 11.8 Å². The lowest BCUT2D eigenvalue weighted by atomic mass is 10.0. The smallest absolute Gasteiger partial charge is 0.184 e. The Hall–Kier alpha value is -1.59. The van der Waals surface area contributed by atoms with Crippen LogP contribution in [-0.4, -0.2) is 16.5 Å². The summed E-state index contributed by atoms with van der Waals surface area (Å²) >= 11 is 0. The highest BCUT2D eigenvalue weighted by Gasteiger charge is 2.38. The van der Waals surface area contributed by atoms with Crippen LogP contribution in [0.5, 0.6) is 0 Å². The Kier molecular flexibility index (Phi) is 2.57. The van der Waals surface area contributed by atoms with Gasteiger partial charge in [-0.25, -0.2) is 0 Å². The quantitative estimate of drug-likeness (QED) is 0.645. The zero-order valence-corrected chi connectivity index (χ0v) is 8.36. The van der Waals surface area contributed by atoms with E-state index in [9.17, 15) is 9.90 Å². The molecule has 15 heavy (non-hydrogen) atoms. The monoisotopic (exact) mass is 200 g/mol. The molecule has 0 aliphatic heterocycles. The fourth-order valence-corrected chi connectivity index (χ4v) is 1.68. The van der Waals surface area contributed by atoms with Crippen LogP contribution in [0, 0.1) is 11.8 Å². The number of rotatable bonds is 0. The van der Waals surface area contributed by atoms with E-state index in [1.165, 1.54) is 0 Å². The molecule has 1 aromatic rings. The van der Waals surface area contributed by atoms with Crippen LogP contribution in [-0.2, 0) is 4.79 Å². The summed E-state index contributed by atoms with van der Waals surface area (Å²) < 4.78 is 0. The number of carbonyl (C=O) groups is 1. The zero-order chi connectivity index (χ0) is 10.7. The highest BCUT2D eigenvalue weighted by molar-refractivity contribution is 5.92. The lowest BCUT2D eigenvalue weighted by Gasteiger charge is -2.11. The maximum Gasteiger partial charge on any atom is 0.184 e. The van der Waals surface area contributed by atoms with Crippen molar-refractivity contribution < 1.29 is 9.90 Å². The highest BCUT2D eigenvalue weighted by atomic mass is 16.3. The van der Waals surface area contributed by atoms with Crippen LogP contribution in [0.1, 0.15) is 24.8 Å². The first-order chi connectivity index (χ1) is 7.21. The van der Waals surface area contributed by atoms with Crippen LogP contribution in [0.15, 0.2) is 30.3 Å². The van der Waals surface area contributed by atoms with E-state index in [0.717, 1.165) is 12.0 Å². The predicted molar refractivity (Wildman–Crippen MR) is 57.1 cm³/mol. The SMILES string of the molecule is O=C1CCC[C@@]1(O)C#Cc1ccccc1. The van der Waals surface area contributed by atoms with Gasteiger partial charge in [0.2, 0.25) is 0 Å². The molecule has 1 atom stereocenters. The van der Waals surface area contributed by atoms with E-state index in [1.807, 2.05) is 30.3 Å². The molecular weight excluding hydrogens is 188 g/mol. The van der Waals surface area contributed by atoms with Crippen LogP contribution in [0.4, 0.5) is 0 Å². The summed E-state index contributed by atoms with van der Waals surface area (Å²) in [6, 6.07) is 9.38. The largest absolute Gasteiger partial charge is 0.371 e. The molecule has 1 aromatic carbocycles. The van der Waals surface area contributed by atoms with E-state index in [4.69, 9.17) is 0 Å². The van der Waals surface area contributed by atoms with Crippen molar-refractivity contribution in [2.75, 3.05) is 0 Å². The van der Waals surface area contributed by atoms with E-state index in [1.54, 1.807) is 0 Å². The fourth-order valence-electron chi connectivity index (χ4n) is 1.68. The van der Waals surface area contributed by atoms with Crippen LogP contribution in [0.25, 0.3) is 0 Å². The molecule has 1 fully saturated rings. The summed E-state index contributed by atoms with van der Waals surface area (Å²) in [5.74, 6) is 5.37. The summed E-state index contributed by atoms with van der Waals surface area (Å²) in [4.78, 5) is 11.4. The number of carbonyl (C=O) groups excluding carboxylic acids is 1. The zero-order valence-electron chi connectivity index (χ0n) is 8.36. The first kappa shape index (κ1) is 9.95. The molecular formula is C13H12O2. The molecule has 76 valence electrons. The minimum absolute atomic E-state index is 0.147. The molecule has 0 bridgehead atoms. The Labute approximate surface area is 88.9 Å². The Balaban J connectivity index is 2.22. The van der Waals surface area contributed by atoms with Gasteiger partial charge in [0.25, 0.3) is 0 Å². The lowest BCUT2D eigenvalue weighted by molar-refractivity contribution is -0.128. The topological polar surface area (TPSA) is 37.3 Å². The van der Waals surface area contributed by atoms with E-state index in [-0.39, 0.29) is 5.78 Å². The third-order valence-electron chi connectivity index (χ3n) is 2.59. The Morgan fingerprint density at radius 2 is 2.00 bits per heavy atom. The minimum Gasteiger partial charge on any atom is -0.371 e. The summed E-state index contributed by atoms with van der Waals surface area (Å²) in [5, 5.41) is 9.90. The molecule has 1 aliphatic rings. The van der Waals surface area contributed by atoms with E-state index < -0.39 is 5.60 Å².